The molecule has 0 spiro atoms. The molecule has 0 heterocycles. The highest BCUT2D eigenvalue weighted by atomic mass is 16.3. The topological polar surface area (TPSA) is 118 Å². The molecule has 0 rings (SSSR count). The average Bonchev–Trinajstić information content (AvgIpc) is 1.89. The smallest absolute Gasteiger partial charge is 0.147 e. The zero-order chi connectivity index (χ0) is 8.04. The first kappa shape index (κ1) is 8.58. The van der Waals surface area contributed by atoms with Gasteiger partial charge in [-0.1, -0.05) is 10.2 Å². The van der Waals surface area contributed by atoms with Gasteiger partial charge >= 0.3 is 0 Å². The quantitative estimate of drug-likeness (QED) is 0.357. The van der Waals surface area contributed by atoms with Crippen LogP contribution in [0.4, 0.5) is 0 Å². The standard InChI is InChI=1S/C3H6N6O/c1-3(2-10,6-8-4)7-9-5/h10H,2H2,1H3. The molecule has 0 amide bonds. The molecule has 0 aliphatic heterocycles. The van der Waals surface area contributed by atoms with E-state index in [0.29, 0.717) is 0 Å². The van der Waals surface area contributed by atoms with Gasteiger partial charge in [0.05, 0.1) is 6.61 Å². The SMILES string of the molecule is CC(CO)(N=[N+]=[N-])N=[N+]=[N-]. The maximum Gasteiger partial charge on any atom is 0.147 e. The minimum atomic E-state index is -1.39. The fourth-order valence-electron chi connectivity index (χ4n) is 0.276. The van der Waals surface area contributed by atoms with Crippen molar-refractivity contribution in [3.8, 4) is 0 Å². The number of rotatable bonds is 3. The first-order chi connectivity index (χ1) is 4.68. The van der Waals surface area contributed by atoms with Crippen molar-refractivity contribution in [2.45, 2.75) is 12.6 Å². The molecule has 0 aromatic heterocycles. The van der Waals surface area contributed by atoms with Crippen LogP contribution >= 0.6 is 0 Å². The molecule has 0 aliphatic carbocycles. The Morgan fingerprint density at radius 1 is 1.40 bits per heavy atom. The summed E-state index contributed by atoms with van der Waals surface area (Å²) >= 11 is 0. The summed E-state index contributed by atoms with van der Waals surface area (Å²) in [4.78, 5) is 4.79. The highest BCUT2D eigenvalue weighted by Gasteiger charge is 2.18. The minimum Gasteiger partial charge on any atom is -0.396 e. The van der Waals surface area contributed by atoms with E-state index >= 15 is 0 Å². The van der Waals surface area contributed by atoms with Crippen LogP contribution in [0.3, 0.4) is 0 Å². The van der Waals surface area contributed by atoms with E-state index in [-0.39, 0.29) is 0 Å². The van der Waals surface area contributed by atoms with Gasteiger partial charge in [0.15, 0.2) is 0 Å². The number of aliphatic hydroxyl groups is 1. The van der Waals surface area contributed by atoms with Crippen molar-refractivity contribution >= 4 is 0 Å². The first-order valence-electron chi connectivity index (χ1n) is 2.42. The van der Waals surface area contributed by atoms with Crippen molar-refractivity contribution in [1.29, 1.82) is 0 Å². The lowest BCUT2D eigenvalue weighted by Crippen LogP contribution is -2.21. The molecule has 0 unspecified atom stereocenters. The van der Waals surface area contributed by atoms with Crippen LogP contribution in [0, 0.1) is 0 Å². The summed E-state index contributed by atoms with van der Waals surface area (Å²) in [5, 5.41) is 14.7. The summed E-state index contributed by atoms with van der Waals surface area (Å²) in [7, 11) is 0. The van der Waals surface area contributed by atoms with Gasteiger partial charge in [-0.2, -0.15) is 0 Å². The molecule has 7 heteroatoms. The number of azide groups is 1. The second-order valence-corrected chi connectivity index (χ2v) is 1.75. The van der Waals surface area contributed by atoms with E-state index in [2.05, 4.69) is 20.1 Å². The molecule has 0 aromatic rings. The lowest BCUT2D eigenvalue weighted by Gasteiger charge is -2.11. The predicted octanol–water partition coefficient (Wildman–Crippen LogP) is 1.32. The van der Waals surface area contributed by atoms with Gasteiger partial charge in [0.25, 0.3) is 0 Å². The van der Waals surface area contributed by atoms with Crippen LogP contribution in [-0.2, 0) is 0 Å². The van der Waals surface area contributed by atoms with E-state index in [1.165, 1.54) is 6.92 Å². The molecule has 0 bridgehead atoms. The first-order valence-corrected chi connectivity index (χ1v) is 2.42. The highest BCUT2D eigenvalue weighted by Crippen LogP contribution is 2.10. The van der Waals surface area contributed by atoms with Crippen molar-refractivity contribution in [2.75, 3.05) is 6.61 Å². The second-order valence-electron chi connectivity index (χ2n) is 1.75. The Balaban J connectivity index is 4.52. The maximum atomic E-state index is 8.52. The molecule has 0 saturated heterocycles. The van der Waals surface area contributed by atoms with Gasteiger partial charge in [-0.05, 0) is 18.0 Å². The van der Waals surface area contributed by atoms with Gasteiger partial charge in [0, 0.05) is 9.82 Å². The fourth-order valence-corrected chi connectivity index (χ4v) is 0.276. The van der Waals surface area contributed by atoms with Crippen LogP contribution in [0.2, 0.25) is 0 Å². The Morgan fingerprint density at radius 3 is 2.00 bits per heavy atom. The van der Waals surface area contributed by atoms with E-state index in [1.54, 1.807) is 0 Å². The summed E-state index contributed by atoms with van der Waals surface area (Å²) in [6, 6.07) is 0. The Hall–Kier alpha value is -1.42. The number of nitrogens with zero attached hydrogens (tertiary/aromatic N) is 6. The zero-order valence-electron chi connectivity index (χ0n) is 5.34. The number of hydrogen-bond acceptors (Lipinski definition) is 3. The summed E-state index contributed by atoms with van der Waals surface area (Å²) in [5.41, 5.74) is 14.5. The van der Waals surface area contributed by atoms with Crippen molar-refractivity contribution in [3.63, 3.8) is 0 Å². The summed E-state index contributed by atoms with van der Waals surface area (Å²) < 4.78 is 0. The van der Waals surface area contributed by atoms with Gasteiger partial charge in [-0.25, -0.2) is 0 Å². The maximum absolute atomic E-state index is 8.52. The van der Waals surface area contributed by atoms with Crippen molar-refractivity contribution < 1.29 is 5.11 Å². The lowest BCUT2D eigenvalue weighted by molar-refractivity contribution is 0.213. The van der Waals surface area contributed by atoms with Gasteiger partial charge in [-0.3, -0.25) is 0 Å². The minimum absolute atomic E-state index is 0.499. The molecule has 10 heavy (non-hydrogen) atoms. The van der Waals surface area contributed by atoms with Gasteiger partial charge in [0.1, 0.15) is 5.66 Å². The van der Waals surface area contributed by atoms with E-state index in [1.807, 2.05) is 0 Å². The van der Waals surface area contributed by atoms with Crippen LogP contribution in [0.25, 0.3) is 20.9 Å². The molecule has 0 aliphatic rings. The number of aliphatic hydroxyl groups excluding tert-OH is 1. The molecule has 54 valence electrons. The summed E-state index contributed by atoms with van der Waals surface area (Å²) in [6.45, 7) is 0.827. The van der Waals surface area contributed by atoms with E-state index < -0.39 is 12.3 Å². The third-order valence-electron chi connectivity index (χ3n) is 0.820. The second kappa shape index (κ2) is 3.58. The Bertz CT molecular complexity index is 181. The van der Waals surface area contributed by atoms with Crippen LogP contribution in [0.1, 0.15) is 6.92 Å². The van der Waals surface area contributed by atoms with E-state index in [9.17, 15) is 0 Å². The van der Waals surface area contributed by atoms with Crippen LogP contribution in [0.5, 0.6) is 0 Å². The molecule has 0 atom stereocenters. The van der Waals surface area contributed by atoms with E-state index in [0.717, 1.165) is 0 Å². The van der Waals surface area contributed by atoms with E-state index in [4.69, 9.17) is 16.2 Å². The Labute approximate surface area is 56.5 Å². The highest BCUT2D eigenvalue weighted by molar-refractivity contribution is 4.79. The molecule has 0 radical (unpaired) electrons. The molecule has 0 saturated carbocycles. The fraction of sp³-hybridized carbons (Fsp3) is 1.00. The monoisotopic (exact) mass is 142 g/mol. The largest absolute Gasteiger partial charge is 0.396 e. The zero-order valence-corrected chi connectivity index (χ0v) is 5.34. The molecule has 0 fully saturated rings. The predicted molar refractivity (Wildman–Crippen MR) is 33.8 cm³/mol. The van der Waals surface area contributed by atoms with Crippen LogP contribution in [-0.4, -0.2) is 17.4 Å². The summed E-state index contributed by atoms with van der Waals surface area (Å²) in [6.07, 6.45) is 0. The normalized spacial score (nSPS) is 14.2. The molecule has 0 aromatic carbocycles. The van der Waals surface area contributed by atoms with Gasteiger partial charge in [0.2, 0.25) is 0 Å². The third-order valence-corrected chi connectivity index (χ3v) is 0.820. The van der Waals surface area contributed by atoms with Crippen molar-refractivity contribution in [1.82, 2.24) is 0 Å². The number of hydrogen-bond donors (Lipinski definition) is 1. The third kappa shape index (κ3) is 2.23. The van der Waals surface area contributed by atoms with Gasteiger partial charge < -0.3 is 5.11 Å². The molecular formula is C3H6N6O. The van der Waals surface area contributed by atoms with Crippen LogP contribution in [0.15, 0.2) is 10.2 Å². The van der Waals surface area contributed by atoms with Crippen LogP contribution < -0.4 is 0 Å². The summed E-state index contributed by atoms with van der Waals surface area (Å²) in [5.74, 6) is 0. The lowest BCUT2D eigenvalue weighted by atomic mass is 10.3. The Morgan fingerprint density at radius 2 is 1.80 bits per heavy atom. The average molecular weight is 142 g/mol. The Kier molecular flexibility index (Phi) is 3.07. The molecule has 7 nitrogen and oxygen atoms in total. The van der Waals surface area contributed by atoms with Crippen molar-refractivity contribution in [2.24, 2.45) is 10.2 Å². The molecular weight excluding hydrogens is 136 g/mol. The molecule has 1 N–H and O–H groups in total. The van der Waals surface area contributed by atoms with Crippen molar-refractivity contribution in [3.05, 3.63) is 20.9 Å². The van der Waals surface area contributed by atoms with Gasteiger partial charge in [-0.15, -0.1) is 0 Å².